The van der Waals surface area contributed by atoms with Gasteiger partial charge in [0.25, 0.3) is 0 Å². The Morgan fingerprint density at radius 1 is 1.26 bits per heavy atom. The van der Waals surface area contributed by atoms with Crippen molar-refractivity contribution in [2.45, 2.75) is 19.5 Å². The second-order valence-electron chi connectivity index (χ2n) is 6.35. The predicted octanol–water partition coefficient (Wildman–Crippen LogP) is 2.40. The van der Waals surface area contributed by atoms with Crippen molar-refractivity contribution < 1.29 is 4.74 Å². The van der Waals surface area contributed by atoms with Gasteiger partial charge in [-0.25, -0.2) is 4.99 Å². The van der Waals surface area contributed by atoms with Gasteiger partial charge < -0.3 is 20.3 Å². The monoisotopic (exact) mass is 486 g/mol. The molecule has 0 aliphatic carbocycles. The smallest absolute Gasteiger partial charge is 0.191 e. The SMILES string of the molecule is CCNC(=NCc1ccc(OC)cc1)NCC(c1cnn(C)c1)N(C)C.I. The molecule has 27 heavy (non-hydrogen) atoms. The first-order chi connectivity index (χ1) is 12.5. The Bertz CT molecular complexity index is 698. The fourth-order valence-electron chi connectivity index (χ4n) is 2.65. The van der Waals surface area contributed by atoms with Gasteiger partial charge in [-0.1, -0.05) is 12.1 Å². The van der Waals surface area contributed by atoms with Gasteiger partial charge in [0, 0.05) is 31.9 Å². The number of ether oxygens (including phenoxy) is 1. The minimum absolute atomic E-state index is 0. The van der Waals surface area contributed by atoms with Crippen molar-refractivity contribution in [2.75, 3.05) is 34.3 Å². The van der Waals surface area contributed by atoms with Gasteiger partial charge in [0.1, 0.15) is 5.75 Å². The van der Waals surface area contributed by atoms with E-state index in [1.807, 2.05) is 48.4 Å². The van der Waals surface area contributed by atoms with E-state index in [-0.39, 0.29) is 30.0 Å². The van der Waals surface area contributed by atoms with Gasteiger partial charge in [0.15, 0.2) is 5.96 Å². The lowest BCUT2D eigenvalue weighted by molar-refractivity contribution is 0.298. The molecule has 1 aromatic carbocycles. The van der Waals surface area contributed by atoms with Crippen LogP contribution in [0.3, 0.4) is 0 Å². The van der Waals surface area contributed by atoms with Gasteiger partial charge >= 0.3 is 0 Å². The van der Waals surface area contributed by atoms with Gasteiger partial charge in [-0.2, -0.15) is 5.10 Å². The molecular formula is C19H31IN6O. The zero-order chi connectivity index (χ0) is 18.9. The highest BCUT2D eigenvalue weighted by Crippen LogP contribution is 2.16. The van der Waals surface area contributed by atoms with E-state index in [1.54, 1.807) is 7.11 Å². The van der Waals surface area contributed by atoms with E-state index in [9.17, 15) is 0 Å². The van der Waals surface area contributed by atoms with Crippen molar-refractivity contribution in [3.63, 3.8) is 0 Å². The quantitative estimate of drug-likeness (QED) is 0.341. The molecule has 0 aliphatic heterocycles. The molecule has 1 aromatic heterocycles. The van der Waals surface area contributed by atoms with Gasteiger partial charge in [0.2, 0.25) is 0 Å². The summed E-state index contributed by atoms with van der Waals surface area (Å²) in [6, 6.07) is 8.19. The fourth-order valence-corrected chi connectivity index (χ4v) is 2.65. The molecule has 2 aromatic rings. The Morgan fingerprint density at radius 3 is 2.48 bits per heavy atom. The molecule has 0 saturated heterocycles. The van der Waals surface area contributed by atoms with E-state index >= 15 is 0 Å². The van der Waals surface area contributed by atoms with E-state index in [0.717, 1.165) is 30.4 Å². The molecule has 1 unspecified atom stereocenters. The molecule has 1 heterocycles. The number of benzene rings is 1. The van der Waals surface area contributed by atoms with Crippen LogP contribution in [-0.2, 0) is 13.6 Å². The Labute approximate surface area is 179 Å². The molecular weight excluding hydrogens is 455 g/mol. The number of halogens is 1. The number of guanidine groups is 1. The van der Waals surface area contributed by atoms with Gasteiger partial charge in [-0.15, -0.1) is 24.0 Å². The zero-order valence-electron chi connectivity index (χ0n) is 16.8. The lowest BCUT2D eigenvalue weighted by Gasteiger charge is -2.24. The summed E-state index contributed by atoms with van der Waals surface area (Å²) in [5, 5.41) is 11.0. The minimum atomic E-state index is 0. The number of aromatic nitrogens is 2. The molecule has 0 fully saturated rings. The number of nitrogens with one attached hydrogen (secondary N) is 2. The summed E-state index contributed by atoms with van der Waals surface area (Å²) >= 11 is 0. The Morgan fingerprint density at radius 2 is 1.96 bits per heavy atom. The van der Waals surface area contributed by atoms with E-state index in [1.165, 1.54) is 5.56 Å². The maximum absolute atomic E-state index is 5.19. The van der Waals surface area contributed by atoms with E-state index in [4.69, 9.17) is 4.74 Å². The number of aliphatic imine (C=N–C) groups is 1. The summed E-state index contributed by atoms with van der Waals surface area (Å²) in [5.74, 6) is 1.66. The number of hydrogen-bond donors (Lipinski definition) is 2. The molecule has 0 amide bonds. The van der Waals surface area contributed by atoms with Crippen molar-refractivity contribution in [3.8, 4) is 5.75 Å². The molecule has 2 N–H and O–H groups in total. The Balaban J connectivity index is 0.00000364. The van der Waals surface area contributed by atoms with Crippen LogP contribution < -0.4 is 15.4 Å². The third-order valence-electron chi connectivity index (χ3n) is 4.12. The van der Waals surface area contributed by atoms with Gasteiger partial charge in [-0.3, -0.25) is 4.68 Å². The van der Waals surface area contributed by atoms with Crippen LogP contribution in [0.1, 0.15) is 24.1 Å². The summed E-state index contributed by atoms with van der Waals surface area (Å²) < 4.78 is 7.02. The number of nitrogens with zero attached hydrogens (tertiary/aromatic N) is 4. The van der Waals surface area contributed by atoms with Crippen molar-refractivity contribution in [1.29, 1.82) is 0 Å². The number of likely N-dealkylation sites (N-methyl/N-ethyl adjacent to an activating group) is 1. The number of methoxy groups -OCH3 is 1. The first kappa shape index (κ1) is 23.2. The van der Waals surface area contributed by atoms with Crippen molar-refractivity contribution >= 4 is 29.9 Å². The fraction of sp³-hybridized carbons (Fsp3) is 0.474. The summed E-state index contributed by atoms with van der Waals surface area (Å²) in [7, 11) is 7.75. The highest BCUT2D eigenvalue weighted by Gasteiger charge is 2.16. The number of aryl methyl sites for hydroxylation is 1. The molecule has 7 nitrogen and oxygen atoms in total. The summed E-state index contributed by atoms with van der Waals surface area (Å²) in [4.78, 5) is 6.86. The molecule has 0 spiro atoms. The second-order valence-corrected chi connectivity index (χ2v) is 6.35. The van der Waals surface area contributed by atoms with Crippen LogP contribution in [0.2, 0.25) is 0 Å². The van der Waals surface area contributed by atoms with Crippen molar-refractivity contribution in [1.82, 2.24) is 25.3 Å². The normalized spacial score (nSPS) is 12.4. The van der Waals surface area contributed by atoms with Crippen LogP contribution in [0.5, 0.6) is 5.75 Å². The molecule has 150 valence electrons. The highest BCUT2D eigenvalue weighted by molar-refractivity contribution is 14.0. The first-order valence-corrected chi connectivity index (χ1v) is 8.83. The van der Waals surface area contributed by atoms with Crippen LogP contribution in [0.4, 0.5) is 0 Å². The van der Waals surface area contributed by atoms with Crippen molar-refractivity contribution in [3.05, 3.63) is 47.8 Å². The number of rotatable bonds is 8. The Kier molecular flexibility index (Phi) is 10.2. The van der Waals surface area contributed by atoms with Crippen LogP contribution in [-0.4, -0.2) is 54.9 Å². The average Bonchev–Trinajstić information content (AvgIpc) is 3.06. The Hall–Kier alpha value is -1.81. The van der Waals surface area contributed by atoms with Crippen molar-refractivity contribution in [2.24, 2.45) is 12.0 Å². The molecule has 1 atom stereocenters. The lowest BCUT2D eigenvalue weighted by Crippen LogP contribution is -2.41. The molecule has 8 heteroatoms. The third kappa shape index (κ3) is 7.37. The van der Waals surface area contributed by atoms with E-state index in [0.29, 0.717) is 6.54 Å². The molecule has 0 aliphatic rings. The number of hydrogen-bond acceptors (Lipinski definition) is 4. The molecule has 0 saturated carbocycles. The second kappa shape index (κ2) is 11.8. The molecule has 0 radical (unpaired) electrons. The minimum Gasteiger partial charge on any atom is -0.497 e. The van der Waals surface area contributed by atoms with E-state index < -0.39 is 0 Å². The van der Waals surface area contributed by atoms with Gasteiger partial charge in [0.05, 0.1) is 25.9 Å². The largest absolute Gasteiger partial charge is 0.497 e. The summed E-state index contributed by atoms with van der Waals surface area (Å²) in [6.45, 7) is 4.23. The summed E-state index contributed by atoms with van der Waals surface area (Å²) in [6.07, 6.45) is 3.96. The van der Waals surface area contributed by atoms with Crippen LogP contribution in [0.25, 0.3) is 0 Å². The molecule has 0 bridgehead atoms. The third-order valence-corrected chi connectivity index (χ3v) is 4.12. The maximum atomic E-state index is 5.19. The average molecular weight is 486 g/mol. The van der Waals surface area contributed by atoms with Crippen LogP contribution in [0.15, 0.2) is 41.7 Å². The highest BCUT2D eigenvalue weighted by atomic mass is 127. The van der Waals surface area contributed by atoms with E-state index in [2.05, 4.69) is 46.6 Å². The van der Waals surface area contributed by atoms with Gasteiger partial charge in [-0.05, 0) is 38.7 Å². The molecule has 2 rings (SSSR count). The maximum Gasteiger partial charge on any atom is 0.191 e. The lowest BCUT2D eigenvalue weighted by atomic mass is 10.1. The summed E-state index contributed by atoms with van der Waals surface area (Å²) in [5.41, 5.74) is 2.32. The standard InChI is InChI=1S/C19H30N6O.HI/c1-6-20-19(21-11-15-7-9-17(26-5)10-8-15)22-13-18(24(2)3)16-12-23-25(4)14-16;/h7-10,12,14,18H,6,11,13H2,1-5H3,(H2,20,21,22);1H. The van der Waals surface area contributed by atoms with Crippen LogP contribution in [0, 0.1) is 0 Å². The first-order valence-electron chi connectivity index (χ1n) is 8.83. The zero-order valence-corrected chi connectivity index (χ0v) is 19.1. The predicted molar refractivity (Wildman–Crippen MR) is 121 cm³/mol. The van der Waals surface area contributed by atoms with Crippen LogP contribution >= 0.6 is 24.0 Å². The topological polar surface area (TPSA) is 66.7 Å².